The van der Waals surface area contributed by atoms with Crippen LogP contribution in [0.5, 0.6) is 0 Å². The predicted molar refractivity (Wildman–Crippen MR) is 64.8 cm³/mol. The fourth-order valence-electron chi connectivity index (χ4n) is 1.28. The Morgan fingerprint density at radius 1 is 1.44 bits per heavy atom. The first kappa shape index (κ1) is 13.3. The van der Waals surface area contributed by atoms with E-state index in [4.69, 9.17) is 33.7 Å². The van der Waals surface area contributed by atoms with Gasteiger partial charge in [0, 0.05) is 16.5 Å². The second kappa shape index (κ2) is 6.09. The molecule has 16 heavy (non-hydrogen) atoms. The first-order valence-corrected chi connectivity index (χ1v) is 5.67. The van der Waals surface area contributed by atoms with Crippen molar-refractivity contribution < 1.29 is 9.53 Å². The molecule has 0 fully saturated rings. The summed E-state index contributed by atoms with van der Waals surface area (Å²) in [6.45, 7) is 2.04. The molecule has 0 saturated carbocycles. The van der Waals surface area contributed by atoms with Crippen LogP contribution in [0, 0.1) is 0 Å². The van der Waals surface area contributed by atoms with Crippen LogP contribution < -0.4 is 5.73 Å². The van der Waals surface area contributed by atoms with Gasteiger partial charge in [0.2, 0.25) is 0 Å². The lowest BCUT2D eigenvalue weighted by molar-refractivity contribution is -0.144. The Balaban J connectivity index is 2.76. The molecule has 88 valence electrons. The number of hydrogen-bond donors (Lipinski definition) is 1. The van der Waals surface area contributed by atoms with Crippen LogP contribution in [0.3, 0.4) is 0 Å². The van der Waals surface area contributed by atoms with E-state index in [1.54, 1.807) is 25.1 Å². The Morgan fingerprint density at radius 3 is 2.50 bits per heavy atom. The van der Waals surface area contributed by atoms with Crippen molar-refractivity contribution in [3.8, 4) is 0 Å². The molecule has 0 spiro atoms. The van der Waals surface area contributed by atoms with Crippen LogP contribution in [0.1, 0.15) is 12.5 Å². The molecule has 0 aliphatic rings. The number of carbonyl (C=O) groups is 1. The van der Waals surface area contributed by atoms with E-state index >= 15 is 0 Å². The maximum absolute atomic E-state index is 11.3. The van der Waals surface area contributed by atoms with E-state index in [9.17, 15) is 4.79 Å². The van der Waals surface area contributed by atoms with Gasteiger partial charge in [-0.2, -0.15) is 0 Å². The number of rotatable bonds is 4. The van der Waals surface area contributed by atoms with Gasteiger partial charge in [-0.05, 0) is 24.6 Å². The molecule has 0 aliphatic carbocycles. The third kappa shape index (κ3) is 3.37. The largest absolute Gasteiger partial charge is 0.465 e. The molecule has 0 heterocycles. The highest BCUT2D eigenvalue weighted by molar-refractivity contribution is 6.36. The zero-order valence-electron chi connectivity index (χ0n) is 8.87. The minimum Gasteiger partial charge on any atom is -0.465 e. The number of esters is 1. The van der Waals surface area contributed by atoms with Gasteiger partial charge in [0.05, 0.1) is 6.61 Å². The molecule has 0 amide bonds. The summed E-state index contributed by atoms with van der Waals surface area (Å²) < 4.78 is 4.81. The lowest BCUT2D eigenvalue weighted by Gasteiger charge is -2.12. The van der Waals surface area contributed by atoms with Crippen LogP contribution >= 0.6 is 23.2 Å². The zero-order valence-corrected chi connectivity index (χ0v) is 10.4. The van der Waals surface area contributed by atoms with Crippen molar-refractivity contribution in [3.63, 3.8) is 0 Å². The van der Waals surface area contributed by atoms with E-state index in [0.717, 1.165) is 0 Å². The van der Waals surface area contributed by atoms with E-state index in [-0.39, 0.29) is 6.42 Å². The van der Waals surface area contributed by atoms with Gasteiger partial charge in [0.25, 0.3) is 0 Å². The Kier molecular flexibility index (Phi) is 5.06. The number of ether oxygens (including phenoxy) is 1. The van der Waals surface area contributed by atoms with E-state index in [0.29, 0.717) is 22.2 Å². The topological polar surface area (TPSA) is 52.3 Å². The van der Waals surface area contributed by atoms with Crippen molar-refractivity contribution in [2.45, 2.75) is 19.4 Å². The van der Waals surface area contributed by atoms with Gasteiger partial charge in [-0.1, -0.05) is 29.3 Å². The van der Waals surface area contributed by atoms with Crippen molar-refractivity contribution in [3.05, 3.63) is 33.8 Å². The number of carbonyl (C=O) groups excluding carboxylic acids is 1. The lowest BCUT2D eigenvalue weighted by atomic mass is 10.1. The Bertz CT molecular complexity index is 362. The first-order chi connectivity index (χ1) is 7.56. The highest BCUT2D eigenvalue weighted by Crippen LogP contribution is 2.25. The van der Waals surface area contributed by atoms with E-state index in [2.05, 4.69) is 0 Å². The van der Waals surface area contributed by atoms with E-state index < -0.39 is 12.0 Å². The van der Waals surface area contributed by atoms with Crippen molar-refractivity contribution in [2.24, 2.45) is 5.73 Å². The van der Waals surface area contributed by atoms with Crippen LogP contribution in [-0.2, 0) is 16.0 Å². The molecule has 1 aromatic carbocycles. The third-order valence-electron chi connectivity index (χ3n) is 2.08. The van der Waals surface area contributed by atoms with Crippen LogP contribution in [-0.4, -0.2) is 18.6 Å². The molecular weight excluding hydrogens is 249 g/mol. The van der Waals surface area contributed by atoms with Crippen LogP contribution in [0.4, 0.5) is 0 Å². The molecule has 1 atom stereocenters. The van der Waals surface area contributed by atoms with E-state index in [1.165, 1.54) is 0 Å². The predicted octanol–water partition coefficient (Wildman–Crippen LogP) is 2.43. The molecule has 2 N–H and O–H groups in total. The number of hydrogen-bond acceptors (Lipinski definition) is 3. The summed E-state index contributed by atoms with van der Waals surface area (Å²) in [7, 11) is 0. The summed E-state index contributed by atoms with van der Waals surface area (Å²) in [5.74, 6) is -0.446. The molecule has 3 nitrogen and oxygen atoms in total. The highest BCUT2D eigenvalue weighted by atomic mass is 35.5. The molecule has 0 saturated heterocycles. The monoisotopic (exact) mass is 261 g/mol. The molecule has 1 rings (SSSR count). The van der Waals surface area contributed by atoms with Crippen LogP contribution in [0.2, 0.25) is 10.0 Å². The summed E-state index contributed by atoms with van der Waals surface area (Å²) in [4.78, 5) is 11.3. The summed E-state index contributed by atoms with van der Waals surface area (Å²) in [6, 6.07) is 4.42. The second-order valence-electron chi connectivity index (χ2n) is 3.26. The SMILES string of the molecule is CCOC(=O)C(N)Cc1c(Cl)cccc1Cl. The summed E-state index contributed by atoms with van der Waals surface area (Å²) in [5, 5.41) is 1.01. The zero-order chi connectivity index (χ0) is 12.1. The Hall–Kier alpha value is -0.770. The van der Waals surface area contributed by atoms with Gasteiger partial charge in [-0.25, -0.2) is 0 Å². The van der Waals surface area contributed by atoms with Gasteiger partial charge in [-0.15, -0.1) is 0 Å². The van der Waals surface area contributed by atoms with Gasteiger partial charge < -0.3 is 10.5 Å². The molecule has 1 aromatic rings. The Morgan fingerprint density at radius 2 is 2.00 bits per heavy atom. The number of halogens is 2. The molecule has 5 heteroatoms. The van der Waals surface area contributed by atoms with Gasteiger partial charge in [0.15, 0.2) is 0 Å². The molecule has 0 bridgehead atoms. The van der Waals surface area contributed by atoms with Crippen LogP contribution in [0.15, 0.2) is 18.2 Å². The fourth-order valence-corrected chi connectivity index (χ4v) is 1.83. The standard InChI is InChI=1S/C11H13Cl2NO2/c1-2-16-11(15)10(14)6-7-8(12)4-3-5-9(7)13/h3-5,10H,2,6,14H2,1H3. The summed E-state index contributed by atoms with van der Waals surface area (Å²) >= 11 is 11.9. The Labute approximate surface area is 104 Å². The summed E-state index contributed by atoms with van der Waals surface area (Å²) in [5.41, 5.74) is 6.35. The molecule has 1 unspecified atom stereocenters. The van der Waals surface area contributed by atoms with Crippen LogP contribution in [0.25, 0.3) is 0 Å². The number of nitrogens with two attached hydrogens (primary N) is 1. The van der Waals surface area contributed by atoms with Gasteiger partial charge in [-0.3, -0.25) is 4.79 Å². The quantitative estimate of drug-likeness (QED) is 0.848. The molecular formula is C11H13Cl2NO2. The maximum atomic E-state index is 11.3. The average Bonchev–Trinajstić information content (AvgIpc) is 2.23. The minimum absolute atomic E-state index is 0.275. The van der Waals surface area contributed by atoms with E-state index in [1.807, 2.05) is 0 Å². The normalized spacial score (nSPS) is 12.2. The maximum Gasteiger partial charge on any atom is 0.323 e. The number of benzene rings is 1. The van der Waals surface area contributed by atoms with Gasteiger partial charge >= 0.3 is 5.97 Å². The molecule has 0 aliphatic heterocycles. The highest BCUT2D eigenvalue weighted by Gasteiger charge is 2.18. The molecule has 0 radical (unpaired) electrons. The second-order valence-corrected chi connectivity index (χ2v) is 4.08. The van der Waals surface area contributed by atoms with Crippen molar-refractivity contribution >= 4 is 29.2 Å². The van der Waals surface area contributed by atoms with Crippen molar-refractivity contribution in [1.82, 2.24) is 0 Å². The summed E-state index contributed by atoms with van der Waals surface area (Å²) in [6.07, 6.45) is 0.275. The average molecular weight is 262 g/mol. The van der Waals surface area contributed by atoms with Crippen molar-refractivity contribution in [2.75, 3.05) is 6.61 Å². The smallest absolute Gasteiger partial charge is 0.323 e. The van der Waals surface area contributed by atoms with Gasteiger partial charge in [0.1, 0.15) is 6.04 Å². The molecule has 0 aromatic heterocycles. The minimum atomic E-state index is -0.739. The third-order valence-corrected chi connectivity index (χ3v) is 2.78. The lowest BCUT2D eigenvalue weighted by Crippen LogP contribution is -2.34. The first-order valence-electron chi connectivity index (χ1n) is 4.91. The fraction of sp³-hybridized carbons (Fsp3) is 0.364. The van der Waals surface area contributed by atoms with Crippen molar-refractivity contribution in [1.29, 1.82) is 0 Å².